The number of benzene rings is 1. The fourth-order valence-corrected chi connectivity index (χ4v) is 4.18. The van der Waals surface area contributed by atoms with Crippen LogP contribution >= 0.6 is 0 Å². The van der Waals surface area contributed by atoms with E-state index in [4.69, 9.17) is 4.74 Å². The molecule has 0 fully saturated rings. The summed E-state index contributed by atoms with van der Waals surface area (Å²) >= 11 is 0. The molecule has 1 aromatic carbocycles. The average molecular weight is 517 g/mol. The van der Waals surface area contributed by atoms with Crippen LogP contribution in [0, 0.1) is 0 Å². The number of aliphatic hydroxyl groups is 1. The summed E-state index contributed by atoms with van der Waals surface area (Å²) in [5, 5.41) is 10.8. The number of rotatable bonds is 18. The molecule has 0 saturated carbocycles. The normalized spacial score (nSPS) is 15.1. The van der Waals surface area contributed by atoms with Crippen molar-refractivity contribution in [1.29, 1.82) is 0 Å². The minimum Gasteiger partial charge on any atom is -0.467 e. The highest BCUT2D eigenvalue weighted by molar-refractivity contribution is 5.85. The van der Waals surface area contributed by atoms with Gasteiger partial charge in [0, 0.05) is 0 Å². The Labute approximate surface area is 213 Å². The smallest absolute Gasteiger partial charge is 0.408 e. The molecule has 0 aliphatic carbocycles. The zero-order chi connectivity index (χ0) is 27.1. The summed E-state index contributed by atoms with van der Waals surface area (Å²) in [5.41, 5.74) is -5.43. The van der Waals surface area contributed by atoms with Crippen LogP contribution in [0.2, 0.25) is 0 Å². The summed E-state index contributed by atoms with van der Waals surface area (Å²) in [6.45, 7) is 2.02. The Hall–Kier alpha value is -2.09. The molecule has 36 heavy (non-hydrogen) atoms. The Kier molecular flexibility index (Phi) is 14.1. The van der Waals surface area contributed by atoms with Crippen molar-refractivity contribution < 1.29 is 37.3 Å². The van der Waals surface area contributed by atoms with E-state index in [0.29, 0.717) is 6.42 Å². The molecular weight excluding hydrogens is 473 g/mol. The molecule has 2 atom stereocenters. The van der Waals surface area contributed by atoms with Crippen LogP contribution < -0.4 is 0 Å². The lowest BCUT2D eigenvalue weighted by atomic mass is 9.81. The maximum Gasteiger partial charge on any atom is 0.408 e. The van der Waals surface area contributed by atoms with Crippen LogP contribution in [0.3, 0.4) is 0 Å². The summed E-state index contributed by atoms with van der Waals surface area (Å²) in [6, 6.07) is 6.70. The van der Waals surface area contributed by atoms with Crippen LogP contribution in [0.1, 0.15) is 103 Å². The number of methoxy groups -OCH3 is 1. The van der Waals surface area contributed by atoms with E-state index in [9.17, 15) is 27.9 Å². The Morgan fingerprint density at radius 1 is 0.806 bits per heavy atom. The van der Waals surface area contributed by atoms with Crippen molar-refractivity contribution in [3.8, 4) is 0 Å². The number of halogens is 3. The van der Waals surface area contributed by atoms with Gasteiger partial charge in [0.05, 0.1) is 7.11 Å². The molecule has 8 heteroatoms. The molecule has 0 spiro atoms. The minimum absolute atomic E-state index is 0.0710. The summed E-state index contributed by atoms with van der Waals surface area (Å²) in [6.07, 6.45) is 8.10. The molecule has 0 saturated heterocycles. The number of hydrogen-bond acceptors (Lipinski definition) is 5. The molecule has 1 rings (SSSR count). The largest absolute Gasteiger partial charge is 0.467 e. The first-order valence-corrected chi connectivity index (χ1v) is 13.1. The topological polar surface area (TPSA) is 72.8 Å². The van der Waals surface area contributed by atoms with Crippen molar-refractivity contribution in [3.63, 3.8) is 0 Å². The fourth-order valence-electron chi connectivity index (χ4n) is 4.18. The molecule has 0 aliphatic heterocycles. The summed E-state index contributed by atoms with van der Waals surface area (Å²) in [4.78, 5) is 24.8. The predicted octanol–water partition coefficient (Wildman–Crippen LogP) is 7.05. The summed E-state index contributed by atoms with van der Waals surface area (Å²) < 4.78 is 51.3. The lowest BCUT2D eigenvalue weighted by molar-refractivity contribution is -0.210. The third-order valence-corrected chi connectivity index (χ3v) is 6.78. The van der Waals surface area contributed by atoms with Gasteiger partial charge in [-0.3, -0.25) is 4.79 Å². The highest BCUT2D eigenvalue weighted by atomic mass is 19.4. The van der Waals surface area contributed by atoms with Crippen LogP contribution in [0.25, 0.3) is 0 Å². The Bertz CT molecular complexity index is 768. The highest BCUT2D eigenvalue weighted by Gasteiger charge is 2.59. The Balaban J connectivity index is 2.56. The van der Waals surface area contributed by atoms with E-state index < -0.39 is 35.7 Å². The van der Waals surface area contributed by atoms with Crippen molar-refractivity contribution in [2.45, 2.75) is 115 Å². The molecule has 206 valence electrons. The summed E-state index contributed by atoms with van der Waals surface area (Å²) in [5.74, 6) is -2.62. The Morgan fingerprint density at radius 2 is 1.28 bits per heavy atom. The standard InChI is InChI=1S/C28H43F3O5/c1-4-5-6-7-8-9-10-11-12-13-14-18-21-27(34,25(33)35-3)22-36-24(32)26(2,28(29,30)31)23-19-16-15-17-20-23/h15-17,19-20,34H,4-14,18,21-22H2,1-3H3/t26-,27-/m0/s1. The van der Waals surface area contributed by atoms with Gasteiger partial charge in [-0.1, -0.05) is 108 Å². The van der Waals surface area contributed by atoms with Gasteiger partial charge in [-0.2, -0.15) is 13.2 Å². The molecule has 1 aromatic rings. The second-order valence-corrected chi connectivity index (χ2v) is 9.73. The van der Waals surface area contributed by atoms with Gasteiger partial charge in [0.1, 0.15) is 6.61 Å². The highest BCUT2D eigenvalue weighted by Crippen LogP contribution is 2.42. The third kappa shape index (κ3) is 9.75. The van der Waals surface area contributed by atoms with Crippen molar-refractivity contribution in [3.05, 3.63) is 35.9 Å². The van der Waals surface area contributed by atoms with Gasteiger partial charge in [0.2, 0.25) is 0 Å². The number of unbranched alkanes of at least 4 members (excludes halogenated alkanes) is 11. The van der Waals surface area contributed by atoms with E-state index in [1.165, 1.54) is 75.3 Å². The van der Waals surface area contributed by atoms with Crippen molar-refractivity contribution in [2.24, 2.45) is 0 Å². The molecule has 0 bridgehead atoms. The molecule has 5 nitrogen and oxygen atoms in total. The molecule has 0 aromatic heterocycles. The van der Waals surface area contributed by atoms with E-state index in [-0.39, 0.29) is 12.0 Å². The molecule has 0 unspecified atom stereocenters. The third-order valence-electron chi connectivity index (χ3n) is 6.78. The lowest BCUT2D eigenvalue weighted by Crippen LogP contribution is -2.51. The molecule has 0 aliphatic rings. The predicted molar refractivity (Wildman–Crippen MR) is 133 cm³/mol. The van der Waals surface area contributed by atoms with E-state index >= 15 is 0 Å². The molecule has 1 N–H and O–H groups in total. The fraction of sp³-hybridized carbons (Fsp3) is 0.714. The lowest BCUT2D eigenvalue weighted by Gasteiger charge is -2.32. The van der Waals surface area contributed by atoms with Gasteiger partial charge in [-0.25, -0.2) is 4.79 Å². The molecular formula is C28H43F3O5. The first-order chi connectivity index (χ1) is 17.0. The number of carbonyl (C=O) groups is 2. The van der Waals surface area contributed by atoms with Gasteiger partial charge in [0.25, 0.3) is 0 Å². The van der Waals surface area contributed by atoms with Crippen LogP contribution in [0.4, 0.5) is 13.2 Å². The second kappa shape index (κ2) is 15.9. The van der Waals surface area contributed by atoms with E-state index in [1.54, 1.807) is 0 Å². The maximum atomic E-state index is 13.9. The first-order valence-electron chi connectivity index (χ1n) is 13.1. The van der Waals surface area contributed by atoms with Crippen LogP contribution in [0.5, 0.6) is 0 Å². The maximum absolute atomic E-state index is 13.9. The quantitative estimate of drug-likeness (QED) is 0.167. The van der Waals surface area contributed by atoms with Crippen LogP contribution in [-0.4, -0.2) is 42.5 Å². The van der Waals surface area contributed by atoms with Gasteiger partial charge in [0.15, 0.2) is 11.0 Å². The van der Waals surface area contributed by atoms with Gasteiger partial charge in [-0.05, 0) is 25.3 Å². The number of esters is 2. The number of hydrogen-bond donors (Lipinski definition) is 1. The molecule has 0 amide bonds. The number of carbonyl (C=O) groups excluding carboxylic acids is 2. The monoisotopic (exact) mass is 516 g/mol. The zero-order valence-electron chi connectivity index (χ0n) is 22.0. The Morgan fingerprint density at radius 3 is 1.72 bits per heavy atom. The number of ether oxygens (including phenoxy) is 2. The second-order valence-electron chi connectivity index (χ2n) is 9.73. The van der Waals surface area contributed by atoms with Gasteiger partial charge in [-0.15, -0.1) is 0 Å². The minimum atomic E-state index is -4.94. The van der Waals surface area contributed by atoms with Crippen LogP contribution in [0.15, 0.2) is 30.3 Å². The van der Waals surface area contributed by atoms with E-state index in [0.717, 1.165) is 39.7 Å². The van der Waals surface area contributed by atoms with Gasteiger partial charge >= 0.3 is 18.1 Å². The molecule has 0 heterocycles. The van der Waals surface area contributed by atoms with Crippen LogP contribution in [-0.2, 0) is 24.5 Å². The average Bonchev–Trinajstić information content (AvgIpc) is 2.86. The van der Waals surface area contributed by atoms with Crippen molar-refractivity contribution in [1.82, 2.24) is 0 Å². The zero-order valence-corrected chi connectivity index (χ0v) is 22.0. The van der Waals surface area contributed by atoms with E-state index in [2.05, 4.69) is 11.7 Å². The van der Waals surface area contributed by atoms with E-state index in [1.807, 2.05) is 0 Å². The SMILES string of the molecule is CCCCCCCCCCCCCC[C@](O)(COC(=O)[C@](C)(c1ccccc1)C(F)(F)F)C(=O)OC. The van der Waals surface area contributed by atoms with Crippen molar-refractivity contribution >= 4 is 11.9 Å². The first kappa shape index (κ1) is 31.9. The number of alkyl halides is 3. The van der Waals surface area contributed by atoms with Gasteiger partial charge < -0.3 is 14.6 Å². The molecule has 0 radical (unpaired) electrons. The van der Waals surface area contributed by atoms with Crippen molar-refractivity contribution in [2.75, 3.05) is 13.7 Å². The summed E-state index contributed by atoms with van der Waals surface area (Å²) in [7, 11) is 1.07.